The van der Waals surface area contributed by atoms with Gasteiger partial charge in [0.2, 0.25) is 5.91 Å². The molecule has 5 heteroatoms. The average molecular weight is 280 g/mol. The minimum Gasteiger partial charge on any atom is -0.494 e. The molecule has 4 nitrogen and oxygen atoms in total. The van der Waals surface area contributed by atoms with Gasteiger partial charge in [-0.2, -0.15) is 0 Å². The highest BCUT2D eigenvalue weighted by Crippen LogP contribution is 2.22. The van der Waals surface area contributed by atoms with E-state index in [9.17, 15) is 9.18 Å². The predicted molar refractivity (Wildman–Crippen MR) is 76.4 cm³/mol. The molecule has 1 aliphatic rings. The summed E-state index contributed by atoms with van der Waals surface area (Å²) in [5.41, 5.74) is 0.471. The molecule has 0 bridgehead atoms. The van der Waals surface area contributed by atoms with Gasteiger partial charge in [0, 0.05) is 18.2 Å². The Bertz CT molecular complexity index is 459. The van der Waals surface area contributed by atoms with Crippen LogP contribution in [0.15, 0.2) is 18.2 Å². The van der Waals surface area contributed by atoms with E-state index in [4.69, 9.17) is 4.74 Å². The molecule has 2 rings (SSSR count). The summed E-state index contributed by atoms with van der Waals surface area (Å²) >= 11 is 0. The third-order valence-corrected chi connectivity index (χ3v) is 3.67. The molecule has 1 aromatic carbocycles. The third-order valence-electron chi connectivity index (χ3n) is 3.67. The highest BCUT2D eigenvalue weighted by atomic mass is 19.1. The molecule has 0 unspecified atom stereocenters. The molecule has 110 valence electrons. The number of benzene rings is 1. The summed E-state index contributed by atoms with van der Waals surface area (Å²) in [7, 11) is 1.41. The lowest BCUT2D eigenvalue weighted by Crippen LogP contribution is -2.28. The molecular formula is C15H21FN2O2. The van der Waals surface area contributed by atoms with Gasteiger partial charge in [0.05, 0.1) is 7.11 Å². The molecule has 1 aliphatic heterocycles. The molecule has 0 aromatic heterocycles. The predicted octanol–water partition coefficient (Wildman–Crippen LogP) is 2.55. The number of amides is 1. The molecule has 1 fully saturated rings. The molecule has 1 saturated heterocycles. The van der Waals surface area contributed by atoms with Crippen LogP contribution in [0, 0.1) is 11.7 Å². The Morgan fingerprint density at radius 2 is 2.20 bits per heavy atom. The van der Waals surface area contributed by atoms with Crippen LogP contribution in [0.25, 0.3) is 0 Å². The number of piperidine rings is 1. The summed E-state index contributed by atoms with van der Waals surface area (Å²) in [6, 6.07) is 4.43. The fourth-order valence-corrected chi connectivity index (χ4v) is 2.47. The number of methoxy groups -OCH3 is 1. The Morgan fingerprint density at radius 1 is 1.45 bits per heavy atom. The number of carbonyl (C=O) groups excluding carboxylic acids is 1. The average Bonchev–Trinajstić information content (AvgIpc) is 2.46. The van der Waals surface area contributed by atoms with Crippen LogP contribution >= 0.6 is 0 Å². The van der Waals surface area contributed by atoms with Crippen molar-refractivity contribution in [3.05, 3.63) is 24.0 Å². The number of rotatable bonds is 5. The molecule has 1 aromatic rings. The first kappa shape index (κ1) is 14.8. The second-order valence-electron chi connectivity index (χ2n) is 5.13. The Hall–Kier alpha value is -1.62. The lowest BCUT2D eigenvalue weighted by atomic mass is 9.93. The van der Waals surface area contributed by atoms with Crippen molar-refractivity contribution in [2.24, 2.45) is 5.92 Å². The van der Waals surface area contributed by atoms with Gasteiger partial charge in [0.15, 0.2) is 11.6 Å². The van der Waals surface area contributed by atoms with Gasteiger partial charge >= 0.3 is 0 Å². The molecule has 0 saturated carbocycles. The zero-order valence-corrected chi connectivity index (χ0v) is 11.7. The van der Waals surface area contributed by atoms with E-state index in [1.807, 2.05) is 0 Å². The monoisotopic (exact) mass is 280 g/mol. The first-order valence-corrected chi connectivity index (χ1v) is 7.03. The zero-order chi connectivity index (χ0) is 14.4. The van der Waals surface area contributed by atoms with Gasteiger partial charge in [-0.25, -0.2) is 4.39 Å². The Morgan fingerprint density at radius 3 is 2.85 bits per heavy atom. The van der Waals surface area contributed by atoms with Crippen LogP contribution in [0.1, 0.15) is 25.7 Å². The van der Waals surface area contributed by atoms with Gasteiger partial charge < -0.3 is 15.4 Å². The Kier molecular flexibility index (Phi) is 5.35. The van der Waals surface area contributed by atoms with Crippen LogP contribution < -0.4 is 15.4 Å². The van der Waals surface area contributed by atoms with E-state index < -0.39 is 5.82 Å². The summed E-state index contributed by atoms with van der Waals surface area (Å²) in [6.45, 7) is 2.08. The summed E-state index contributed by atoms with van der Waals surface area (Å²) in [4.78, 5) is 11.8. The van der Waals surface area contributed by atoms with Crippen LogP contribution in [0.5, 0.6) is 5.75 Å². The molecule has 0 aliphatic carbocycles. The second-order valence-corrected chi connectivity index (χ2v) is 5.13. The van der Waals surface area contributed by atoms with E-state index in [0.29, 0.717) is 18.0 Å². The Balaban J connectivity index is 1.80. The van der Waals surface area contributed by atoms with E-state index in [2.05, 4.69) is 10.6 Å². The quantitative estimate of drug-likeness (QED) is 0.871. The lowest BCUT2D eigenvalue weighted by molar-refractivity contribution is -0.116. The molecule has 1 amide bonds. The van der Waals surface area contributed by atoms with Crippen LogP contribution in [0.3, 0.4) is 0 Å². The second kappa shape index (κ2) is 7.24. The number of halogens is 1. The van der Waals surface area contributed by atoms with E-state index in [-0.39, 0.29) is 11.7 Å². The number of ether oxygens (including phenoxy) is 1. The van der Waals surface area contributed by atoms with E-state index >= 15 is 0 Å². The summed E-state index contributed by atoms with van der Waals surface area (Å²) < 4.78 is 18.3. The van der Waals surface area contributed by atoms with Gasteiger partial charge in [-0.15, -0.1) is 0 Å². The number of anilines is 1. The molecule has 2 N–H and O–H groups in total. The first-order chi connectivity index (χ1) is 9.69. The lowest BCUT2D eigenvalue weighted by Gasteiger charge is -2.22. The van der Waals surface area contributed by atoms with Gasteiger partial charge in [0.25, 0.3) is 0 Å². The molecule has 0 radical (unpaired) electrons. The largest absolute Gasteiger partial charge is 0.494 e. The van der Waals surface area contributed by atoms with Crippen LogP contribution in [0.4, 0.5) is 10.1 Å². The molecular weight excluding hydrogens is 259 g/mol. The SMILES string of the molecule is COc1ccc(NC(=O)CCC2CCNCC2)cc1F. The van der Waals surface area contributed by atoms with Crippen molar-refractivity contribution < 1.29 is 13.9 Å². The maximum atomic E-state index is 13.5. The van der Waals surface area contributed by atoms with Gasteiger partial charge in [-0.3, -0.25) is 4.79 Å². The fourth-order valence-electron chi connectivity index (χ4n) is 2.47. The normalized spacial score (nSPS) is 15.9. The fraction of sp³-hybridized carbons (Fsp3) is 0.533. The number of hydrogen-bond acceptors (Lipinski definition) is 3. The van der Waals surface area contributed by atoms with Crippen LogP contribution in [-0.2, 0) is 4.79 Å². The zero-order valence-electron chi connectivity index (χ0n) is 11.7. The molecule has 0 atom stereocenters. The number of carbonyl (C=O) groups is 1. The first-order valence-electron chi connectivity index (χ1n) is 7.03. The highest BCUT2D eigenvalue weighted by Gasteiger charge is 2.14. The smallest absolute Gasteiger partial charge is 0.224 e. The van der Waals surface area contributed by atoms with Crippen molar-refractivity contribution in [2.45, 2.75) is 25.7 Å². The van der Waals surface area contributed by atoms with Crippen molar-refractivity contribution in [2.75, 3.05) is 25.5 Å². The van der Waals surface area contributed by atoms with Crippen molar-refractivity contribution in [3.8, 4) is 5.75 Å². The van der Waals surface area contributed by atoms with Crippen molar-refractivity contribution in [1.82, 2.24) is 5.32 Å². The minimum absolute atomic E-state index is 0.0619. The van der Waals surface area contributed by atoms with Crippen molar-refractivity contribution in [1.29, 1.82) is 0 Å². The van der Waals surface area contributed by atoms with Crippen LogP contribution in [-0.4, -0.2) is 26.1 Å². The third kappa shape index (κ3) is 4.20. The van der Waals surface area contributed by atoms with E-state index in [1.54, 1.807) is 6.07 Å². The van der Waals surface area contributed by atoms with E-state index in [0.717, 1.165) is 32.4 Å². The van der Waals surface area contributed by atoms with Gasteiger partial charge in [-0.05, 0) is 50.4 Å². The Labute approximate surface area is 118 Å². The minimum atomic E-state index is -0.469. The highest BCUT2D eigenvalue weighted by molar-refractivity contribution is 5.90. The van der Waals surface area contributed by atoms with E-state index in [1.165, 1.54) is 19.2 Å². The van der Waals surface area contributed by atoms with Crippen LogP contribution in [0.2, 0.25) is 0 Å². The molecule has 1 heterocycles. The maximum Gasteiger partial charge on any atom is 0.224 e. The standard InChI is InChI=1S/C15H21FN2O2/c1-20-14-4-3-12(10-13(14)16)18-15(19)5-2-11-6-8-17-9-7-11/h3-4,10-11,17H,2,5-9H2,1H3,(H,18,19). The van der Waals surface area contributed by atoms with Gasteiger partial charge in [-0.1, -0.05) is 0 Å². The molecule has 20 heavy (non-hydrogen) atoms. The summed E-state index contributed by atoms with van der Waals surface area (Å²) in [5, 5.41) is 6.03. The number of hydrogen-bond donors (Lipinski definition) is 2. The summed E-state index contributed by atoms with van der Waals surface area (Å²) in [6.07, 6.45) is 3.64. The van der Waals surface area contributed by atoms with Crippen molar-refractivity contribution >= 4 is 11.6 Å². The maximum absolute atomic E-state index is 13.5. The summed E-state index contributed by atoms with van der Waals surface area (Å²) in [5.74, 6) is 0.268. The molecule has 0 spiro atoms. The topological polar surface area (TPSA) is 50.4 Å². The van der Waals surface area contributed by atoms with Crippen molar-refractivity contribution in [3.63, 3.8) is 0 Å². The van der Waals surface area contributed by atoms with Gasteiger partial charge in [0.1, 0.15) is 0 Å². The number of nitrogens with one attached hydrogen (secondary N) is 2.